The number of nitrogens with zero attached hydrogens (tertiary/aromatic N) is 1. The van der Waals surface area contributed by atoms with Gasteiger partial charge in [0.1, 0.15) is 0 Å². The van der Waals surface area contributed by atoms with E-state index in [0.29, 0.717) is 6.04 Å². The van der Waals surface area contributed by atoms with Crippen LogP contribution < -0.4 is 5.32 Å². The van der Waals surface area contributed by atoms with E-state index in [1.54, 1.807) is 0 Å². The molecule has 0 aromatic heterocycles. The molecule has 3 nitrogen and oxygen atoms in total. The predicted molar refractivity (Wildman–Crippen MR) is 81.1 cm³/mol. The maximum Gasteiger partial charge on any atom is 0.253 e. The van der Waals surface area contributed by atoms with E-state index < -0.39 is 0 Å². The number of benzene rings is 1. The van der Waals surface area contributed by atoms with Crippen LogP contribution in [0.2, 0.25) is 0 Å². The van der Waals surface area contributed by atoms with Crippen LogP contribution in [-0.2, 0) is 0 Å². The lowest BCUT2D eigenvalue weighted by Crippen LogP contribution is -2.43. The van der Waals surface area contributed by atoms with Crippen molar-refractivity contribution in [3.05, 3.63) is 34.9 Å². The van der Waals surface area contributed by atoms with Gasteiger partial charge in [-0.15, -0.1) is 12.4 Å². The summed E-state index contributed by atoms with van der Waals surface area (Å²) in [5.74, 6) is 0.144. The lowest BCUT2D eigenvalue weighted by Gasteiger charge is -2.31. The summed E-state index contributed by atoms with van der Waals surface area (Å²) in [4.78, 5) is 14.3. The summed E-state index contributed by atoms with van der Waals surface area (Å²) >= 11 is 0. The molecule has 0 spiro atoms. The molecular formula is C15H23ClN2O. The van der Waals surface area contributed by atoms with Gasteiger partial charge in [0.15, 0.2) is 0 Å². The molecule has 19 heavy (non-hydrogen) atoms. The molecule has 2 rings (SSSR count). The van der Waals surface area contributed by atoms with Crippen LogP contribution in [0.25, 0.3) is 0 Å². The zero-order valence-corrected chi connectivity index (χ0v) is 12.7. The molecule has 1 heterocycles. The van der Waals surface area contributed by atoms with E-state index in [0.717, 1.165) is 31.5 Å². The van der Waals surface area contributed by atoms with Crippen LogP contribution in [0.4, 0.5) is 0 Å². The first-order valence-electron chi connectivity index (χ1n) is 6.64. The average molecular weight is 283 g/mol. The summed E-state index contributed by atoms with van der Waals surface area (Å²) < 4.78 is 0. The summed E-state index contributed by atoms with van der Waals surface area (Å²) in [5.41, 5.74) is 3.22. The van der Waals surface area contributed by atoms with Crippen molar-refractivity contribution in [3.8, 4) is 0 Å². The number of hydrogen-bond donors (Lipinski definition) is 1. The molecule has 0 aliphatic carbocycles. The Kier molecular flexibility index (Phi) is 5.83. The molecule has 0 bridgehead atoms. The van der Waals surface area contributed by atoms with Crippen molar-refractivity contribution < 1.29 is 4.79 Å². The number of piperidine rings is 1. The van der Waals surface area contributed by atoms with E-state index in [9.17, 15) is 4.79 Å². The fourth-order valence-corrected chi connectivity index (χ4v) is 2.44. The second kappa shape index (κ2) is 6.92. The SMILES string of the molecule is Cc1ccc(C(=O)N(C)C2CCNCC2)cc1C.Cl. The van der Waals surface area contributed by atoms with Crippen LogP contribution in [-0.4, -0.2) is 37.0 Å². The number of hydrogen-bond acceptors (Lipinski definition) is 2. The van der Waals surface area contributed by atoms with Crippen molar-refractivity contribution in [1.82, 2.24) is 10.2 Å². The first kappa shape index (κ1) is 16.0. The fourth-order valence-electron chi connectivity index (χ4n) is 2.44. The molecular weight excluding hydrogens is 260 g/mol. The molecule has 0 atom stereocenters. The summed E-state index contributed by atoms with van der Waals surface area (Å²) in [5, 5.41) is 3.33. The molecule has 1 N–H and O–H groups in total. The average Bonchev–Trinajstić information content (AvgIpc) is 2.41. The van der Waals surface area contributed by atoms with Crippen LogP contribution in [0, 0.1) is 13.8 Å². The maximum absolute atomic E-state index is 12.4. The van der Waals surface area contributed by atoms with E-state index >= 15 is 0 Å². The molecule has 1 aromatic carbocycles. The fraction of sp³-hybridized carbons (Fsp3) is 0.533. The molecule has 1 aliphatic heterocycles. The summed E-state index contributed by atoms with van der Waals surface area (Å²) in [6.07, 6.45) is 2.10. The number of rotatable bonds is 2. The first-order chi connectivity index (χ1) is 8.59. The lowest BCUT2D eigenvalue weighted by atomic mass is 10.0. The predicted octanol–water partition coefficient (Wildman–Crippen LogP) is 2.55. The Balaban J connectivity index is 0.00000180. The molecule has 1 aliphatic rings. The number of aryl methyl sites for hydroxylation is 2. The van der Waals surface area contributed by atoms with Gasteiger partial charge in [-0.1, -0.05) is 6.07 Å². The molecule has 0 unspecified atom stereocenters. The van der Waals surface area contributed by atoms with Crippen molar-refractivity contribution >= 4 is 18.3 Å². The number of carbonyl (C=O) groups is 1. The van der Waals surface area contributed by atoms with Crippen LogP contribution >= 0.6 is 12.4 Å². The Morgan fingerprint density at radius 3 is 2.42 bits per heavy atom. The van der Waals surface area contributed by atoms with Gasteiger partial charge in [0.05, 0.1) is 0 Å². The Morgan fingerprint density at radius 1 is 1.21 bits per heavy atom. The van der Waals surface area contributed by atoms with Gasteiger partial charge >= 0.3 is 0 Å². The highest BCUT2D eigenvalue weighted by atomic mass is 35.5. The van der Waals surface area contributed by atoms with Gasteiger partial charge in [-0.2, -0.15) is 0 Å². The Labute approximate surface area is 121 Å². The van der Waals surface area contributed by atoms with Gasteiger partial charge in [0.2, 0.25) is 0 Å². The molecule has 0 saturated carbocycles. The molecule has 1 aromatic rings. The second-order valence-corrected chi connectivity index (χ2v) is 5.20. The van der Waals surface area contributed by atoms with E-state index in [-0.39, 0.29) is 18.3 Å². The third-order valence-corrected chi connectivity index (χ3v) is 3.93. The number of carbonyl (C=O) groups excluding carboxylic acids is 1. The van der Waals surface area contributed by atoms with E-state index in [2.05, 4.69) is 19.2 Å². The highest BCUT2D eigenvalue weighted by Gasteiger charge is 2.22. The highest BCUT2D eigenvalue weighted by molar-refractivity contribution is 5.94. The third-order valence-electron chi connectivity index (χ3n) is 3.93. The Morgan fingerprint density at radius 2 is 1.84 bits per heavy atom. The smallest absolute Gasteiger partial charge is 0.253 e. The van der Waals surface area contributed by atoms with Gasteiger partial charge in [0.25, 0.3) is 5.91 Å². The van der Waals surface area contributed by atoms with E-state index in [4.69, 9.17) is 0 Å². The standard InChI is InChI=1S/C15H22N2O.ClH/c1-11-4-5-13(10-12(11)2)15(18)17(3)14-6-8-16-9-7-14;/h4-5,10,14,16H,6-9H2,1-3H3;1H. The van der Waals surface area contributed by atoms with Gasteiger partial charge in [-0.25, -0.2) is 0 Å². The minimum absolute atomic E-state index is 0. The Hall–Kier alpha value is -1.06. The number of amides is 1. The van der Waals surface area contributed by atoms with Crippen molar-refractivity contribution in [1.29, 1.82) is 0 Å². The zero-order chi connectivity index (χ0) is 13.1. The number of halogens is 1. The van der Waals surface area contributed by atoms with Gasteiger partial charge < -0.3 is 10.2 Å². The van der Waals surface area contributed by atoms with Gasteiger partial charge in [-0.3, -0.25) is 4.79 Å². The van der Waals surface area contributed by atoms with E-state index in [1.807, 2.05) is 30.1 Å². The van der Waals surface area contributed by atoms with Crippen LogP contribution in [0.3, 0.4) is 0 Å². The van der Waals surface area contributed by atoms with Crippen LogP contribution in [0.15, 0.2) is 18.2 Å². The van der Waals surface area contributed by atoms with Gasteiger partial charge in [-0.05, 0) is 63.0 Å². The minimum Gasteiger partial charge on any atom is -0.339 e. The van der Waals surface area contributed by atoms with Crippen LogP contribution in [0.1, 0.15) is 34.3 Å². The number of nitrogens with one attached hydrogen (secondary N) is 1. The van der Waals surface area contributed by atoms with Crippen molar-refractivity contribution in [2.75, 3.05) is 20.1 Å². The molecule has 1 amide bonds. The van der Waals surface area contributed by atoms with Gasteiger partial charge in [0, 0.05) is 18.7 Å². The Bertz CT molecular complexity index is 442. The lowest BCUT2D eigenvalue weighted by molar-refractivity contribution is 0.0703. The molecule has 1 fully saturated rings. The van der Waals surface area contributed by atoms with Crippen molar-refractivity contribution in [3.63, 3.8) is 0 Å². The monoisotopic (exact) mass is 282 g/mol. The van der Waals surface area contributed by atoms with Crippen LogP contribution in [0.5, 0.6) is 0 Å². The normalized spacial score (nSPS) is 15.7. The minimum atomic E-state index is 0. The molecule has 0 radical (unpaired) electrons. The largest absolute Gasteiger partial charge is 0.339 e. The summed E-state index contributed by atoms with van der Waals surface area (Å²) in [6.45, 7) is 6.14. The zero-order valence-electron chi connectivity index (χ0n) is 11.9. The van der Waals surface area contributed by atoms with Crippen molar-refractivity contribution in [2.24, 2.45) is 0 Å². The summed E-state index contributed by atoms with van der Waals surface area (Å²) in [6, 6.07) is 6.33. The quantitative estimate of drug-likeness (QED) is 0.904. The van der Waals surface area contributed by atoms with E-state index in [1.165, 1.54) is 11.1 Å². The molecule has 4 heteroatoms. The first-order valence-corrected chi connectivity index (χ1v) is 6.64. The second-order valence-electron chi connectivity index (χ2n) is 5.20. The highest BCUT2D eigenvalue weighted by Crippen LogP contribution is 2.16. The molecule has 1 saturated heterocycles. The molecule has 106 valence electrons. The topological polar surface area (TPSA) is 32.3 Å². The summed E-state index contributed by atoms with van der Waals surface area (Å²) in [7, 11) is 1.92. The van der Waals surface area contributed by atoms with Crippen molar-refractivity contribution in [2.45, 2.75) is 32.7 Å². The third kappa shape index (κ3) is 3.71. The maximum atomic E-state index is 12.4.